The lowest BCUT2D eigenvalue weighted by atomic mass is 9.77. The van der Waals surface area contributed by atoms with Gasteiger partial charge in [-0.1, -0.05) is 6.42 Å². The van der Waals surface area contributed by atoms with Crippen LogP contribution < -0.4 is 0 Å². The van der Waals surface area contributed by atoms with E-state index >= 15 is 0 Å². The first-order valence-corrected chi connectivity index (χ1v) is 9.53. The average molecular weight is 319 g/mol. The van der Waals surface area contributed by atoms with Crippen molar-refractivity contribution >= 4 is 17.2 Å². The quantitative estimate of drug-likeness (QED) is 0.856. The van der Waals surface area contributed by atoms with Crippen molar-refractivity contribution in [2.75, 3.05) is 26.2 Å². The zero-order chi connectivity index (χ0) is 15.0. The van der Waals surface area contributed by atoms with Gasteiger partial charge in [-0.25, -0.2) is 4.98 Å². The summed E-state index contributed by atoms with van der Waals surface area (Å²) in [6, 6.07) is 0. The molecule has 1 atom stereocenters. The van der Waals surface area contributed by atoms with Gasteiger partial charge in [0.25, 0.3) is 0 Å². The van der Waals surface area contributed by atoms with Crippen molar-refractivity contribution in [2.24, 2.45) is 11.3 Å². The monoisotopic (exact) mass is 319 g/mol. The molecule has 4 nitrogen and oxygen atoms in total. The van der Waals surface area contributed by atoms with Gasteiger partial charge in [0, 0.05) is 31.2 Å². The Kier molecular flexibility index (Phi) is 3.95. The number of thiazole rings is 1. The second kappa shape index (κ2) is 5.93. The largest absolute Gasteiger partial charge is 0.342 e. The molecule has 0 unspecified atom stereocenters. The molecule has 4 rings (SSSR count). The van der Waals surface area contributed by atoms with E-state index in [9.17, 15) is 4.79 Å². The summed E-state index contributed by atoms with van der Waals surface area (Å²) in [6.45, 7) is 4.90. The van der Waals surface area contributed by atoms with Gasteiger partial charge in [-0.3, -0.25) is 9.69 Å². The van der Waals surface area contributed by atoms with Crippen molar-refractivity contribution in [3.05, 3.63) is 16.6 Å². The molecule has 2 aliphatic heterocycles. The Morgan fingerprint density at radius 2 is 2.18 bits per heavy atom. The average Bonchev–Trinajstić information content (AvgIpc) is 3.10. The van der Waals surface area contributed by atoms with Crippen LogP contribution in [0.3, 0.4) is 0 Å². The molecule has 3 heterocycles. The Labute approximate surface area is 136 Å². The van der Waals surface area contributed by atoms with Gasteiger partial charge in [0.2, 0.25) is 5.91 Å². The van der Waals surface area contributed by atoms with Gasteiger partial charge in [-0.15, -0.1) is 11.3 Å². The maximum atomic E-state index is 13.1. The molecule has 0 bridgehead atoms. The Morgan fingerprint density at radius 3 is 2.91 bits per heavy atom. The van der Waals surface area contributed by atoms with E-state index in [0.29, 0.717) is 5.91 Å². The minimum Gasteiger partial charge on any atom is -0.342 e. The number of aromatic nitrogens is 1. The second-order valence-corrected chi connectivity index (χ2v) is 8.30. The first-order chi connectivity index (χ1) is 10.8. The minimum atomic E-state index is -0.0841. The van der Waals surface area contributed by atoms with E-state index in [1.165, 1.54) is 30.7 Å². The molecule has 1 aromatic heterocycles. The molecule has 1 aromatic rings. The van der Waals surface area contributed by atoms with Gasteiger partial charge in [0.05, 0.1) is 12.0 Å². The number of hydrogen-bond acceptors (Lipinski definition) is 4. The highest BCUT2D eigenvalue weighted by Gasteiger charge is 2.48. The molecule has 120 valence electrons. The molecule has 5 heteroatoms. The van der Waals surface area contributed by atoms with Gasteiger partial charge < -0.3 is 4.90 Å². The standard InChI is InChI=1S/C17H25N3OS/c21-16-17(5-2-8-20(16)11-14-3-1-4-14)6-9-19(13-17)12-15-18-7-10-22-15/h7,10,14H,1-6,8-9,11-13H2/t17-/m0/s1. The van der Waals surface area contributed by atoms with Crippen molar-refractivity contribution in [3.63, 3.8) is 0 Å². The fourth-order valence-corrected chi connectivity index (χ4v) is 4.97. The molecule has 22 heavy (non-hydrogen) atoms. The number of carbonyl (C=O) groups excluding carboxylic acids is 1. The molecule has 0 N–H and O–H groups in total. The van der Waals surface area contributed by atoms with Crippen LogP contribution in [0.15, 0.2) is 11.6 Å². The Hall–Kier alpha value is -0.940. The minimum absolute atomic E-state index is 0.0841. The normalized spacial score (nSPS) is 30.2. The first-order valence-electron chi connectivity index (χ1n) is 8.65. The van der Waals surface area contributed by atoms with Gasteiger partial charge >= 0.3 is 0 Å². The lowest BCUT2D eigenvalue weighted by Gasteiger charge is -2.42. The maximum absolute atomic E-state index is 13.1. The van der Waals surface area contributed by atoms with Gasteiger partial charge in [0.15, 0.2) is 0 Å². The van der Waals surface area contributed by atoms with E-state index in [1.54, 1.807) is 11.3 Å². The highest BCUT2D eigenvalue weighted by molar-refractivity contribution is 7.09. The summed E-state index contributed by atoms with van der Waals surface area (Å²) in [6.07, 6.45) is 9.20. The summed E-state index contributed by atoms with van der Waals surface area (Å²) >= 11 is 1.72. The topological polar surface area (TPSA) is 36.4 Å². The SMILES string of the molecule is O=C1N(CC2CCC2)CCC[C@@]12CCN(Cc1nccs1)C2. The van der Waals surface area contributed by atoms with Crippen molar-refractivity contribution < 1.29 is 4.79 Å². The third-order valence-electron chi connectivity index (χ3n) is 5.80. The maximum Gasteiger partial charge on any atom is 0.230 e. The van der Waals surface area contributed by atoms with Gasteiger partial charge in [-0.2, -0.15) is 0 Å². The fourth-order valence-electron chi connectivity index (χ4n) is 4.31. The molecule has 0 radical (unpaired) electrons. The number of amides is 1. The molecule has 1 aliphatic carbocycles. The summed E-state index contributed by atoms with van der Waals surface area (Å²) < 4.78 is 0. The van der Waals surface area contributed by atoms with Crippen molar-refractivity contribution in [3.8, 4) is 0 Å². The number of likely N-dealkylation sites (tertiary alicyclic amines) is 2. The molecule has 1 saturated carbocycles. The molecule has 2 saturated heterocycles. The zero-order valence-electron chi connectivity index (χ0n) is 13.2. The lowest BCUT2D eigenvalue weighted by Crippen LogP contribution is -2.51. The van der Waals surface area contributed by atoms with E-state index < -0.39 is 0 Å². The second-order valence-electron chi connectivity index (χ2n) is 7.32. The van der Waals surface area contributed by atoms with E-state index in [-0.39, 0.29) is 5.41 Å². The highest BCUT2D eigenvalue weighted by Crippen LogP contribution is 2.41. The summed E-state index contributed by atoms with van der Waals surface area (Å²) in [5, 5.41) is 3.21. The van der Waals surface area contributed by atoms with Crippen molar-refractivity contribution in [2.45, 2.75) is 45.1 Å². The number of hydrogen-bond donors (Lipinski definition) is 0. The lowest BCUT2D eigenvalue weighted by molar-refractivity contribution is -0.146. The van der Waals surface area contributed by atoms with Crippen LogP contribution in [0, 0.1) is 11.3 Å². The van der Waals surface area contributed by atoms with Gasteiger partial charge in [-0.05, 0) is 44.6 Å². The highest BCUT2D eigenvalue weighted by atomic mass is 32.1. The summed E-state index contributed by atoms with van der Waals surface area (Å²) in [5.41, 5.74) is -0.0841. The molecule has 3 fully saturated rings. The van der Waals surface area contributed by atoms with Crippen LogP contribution in [0.1, 0.15) is 43.5 Å². The number of rotatable bonds is 4. The molecular weight excluding hydrogens is 294 g/mol. The van der Waals surface area contributed by atoms with Crippen LogP contribution >= 0.6 is 11.3 Å². The molecule has 3 aliphatic rings. The van der Waals surface area contributed by atoms with E-state index in [1.807, 2.05) is 11.6 Å². The third-order valence-corrected chi connectivity index (χ3v) is 6.57. The van der Waals surface area contributed by atoms with E-state index in [2.05, 4.69) is 14.8 Å². The molecular formula is C17H25N3OS. The van der Waals surface area contributed by atoms with Crippen molar-refractivity contribution in [1.82, 2.24) is 14.8 Å². The van der Waals surface area contributed by atoms with E-state index in [4.69, 9.17) is 0 Å². The predicted molar refractivity (Wildman–Crippen MR) is 87.6 cm³/mol. The number of carbonyl (C=O) groups is 1. The van der Waals surface area contributed by atoms with Crippen LogP contribution in [0.5, 0.6) is 0 Å². The van der Waals surface area contributed by atoms with Crippen LogP contribution in [-0.2, 0) is 11.3 Å². The Bertz CT molecular complexity index is 528. The molecule has 1 spiro atoms. The van der Waals surface area contributed by atoms with Gasteiger partial charge in [0.1, 0.15) is 5.01 Å². The smallest absolute Gasteiger partial charge is 0.230 e. The number of piperidine rings is 1. The summed E-state index contributed by atoms with van der Waals surface area (Å²) in [4.78, 5) is 22.1. The first kappa shape index (κ1) is 14.6. The molecule has 1 amide bonds. The van der Waals surface area contributed by atoms with Crippen LogP contribution in [0.25, 0.3) is 0 Å². The predicted octanol–water partition coefficient (Wildman–Crippen LogP) is 2.76. The molecule has 0 aromatic carbocycles. The van der Waals surface area contributed by atoms with E-state index in [0.717, 1.165) is 51.5 Å². The number of nitrogens with zero attached hydrogens (tertiary/aromatic N) is 3. The third kappa shape index (κ3) is 2.69. The van der Waals surface area contributed by atoms with Crippen LogP contribution in [0.4, 0.5) is 0 Å². The Balaban J connectivity index is 1.40. The fraction of sp³-hybridized carbons (Fsp3) is 0.765. The summed E-state index contributed by atoms with van der Waals surface area (Å²) in [7, 11) is 0. The van der Waals surface area contributed by atoms with Crippen LogP contribution in [0.2, 0.25) is 0 Å². The Morgan fingerprint density at radius 1 is 1.27 bits per heavy atom. The zero-order valence-corrected chi connectivity index (χ0v) is 14.0. The van der Waals surface area contributed by atoms with Crippen molar-refractivity contribution in [1.29, 1.82) is 0 Å². The summed E-state index contributed by atoms with van der Waals surface area (Å²) in [5.74, 6) is 1.24. The van der Waals surface area contributed by atoms with Crippen LogP contribution in [-0.4, -0.2) is 46.9 Å².